The van der Waals surface area contributed by atoms with E-state index >= 15 is 0 Å². The Bertz CT molecular complexity index is 569. The summed E-state index contributed by atoms with van der Waals surface area (Å²) in [7, 11) is -1.45. The number of methoxy groups -OCH3 is 1. The van der Waals surface area contributed by atoms with E-state index in [-0.39, 0.29) is 17.5 Å². The van der Waals surface area contributed by atoms with Gasteiger partial charge >= 0.3 is 6.03 Å². The van der Waals surface area contributed by atoms with E-state index in [1.54, 1.807) is 31.4 Å². The normalized spacial score (nSPS) is 20.9. The second-order valence-electron chi connectivity index (χ2n) is 4.78. The van der Waals surface area contributed by atoms with Crippen molar-refractivity contribution in [3.8, 4) is 5.75 Å². The number of anilines is 1. The van der Waals surface area contributed by atoms with Crippen LogP contribution in [-0.2, 0) is 9.84 Å². The van der Waals surface area contributed by atoms with Crippen LogP contribution in [0.25, 0.3) is 0 Å². The molecular weight excluding hydrogens is 280 g/mol. The zero-order chi connectivity index (χ0) is 14.6. The number of nitrogens with one attached hydrogen (secondary N) is 2. The molecule has 20 heavy (non-hydrogen) atoms. The first-order chi connectivity index (χ1) is 9.48. The van der Waals surface area contributed by atoms with Crippen molar-refractivity contribution in [1.82, 2.24) is 5.32 Å². The number of sulfone groups is 1. The predicted molar refractivity (Wildman–Crippen MR) is 76.8 cm³/mol. The van der Waals surface area contributed by atoms with E-state index in [1.165, 1.54) is 0 Å². The number of amides is 2. The number of carbonyl (C=O) groups is 1. The summed E-state index contributed by atoms with van der Waals surface area (Å²) in [5.41, 5.74) is 0.627. The summed E-state index contributed by atoms with van der Waals surface area (Å²) in [6.45, 7) is 0. The molecule has 0 aromatic heterocycles. The van der Waals surface area contributed by atoms with Crippen LogP contribution in [0, 0.1) is 0 Å². The summed E-state index contributed by atoms with van der Waals surface area (Å²) in [4.78, 5) is 11.8. The van der Waals surface area contributed by atoms with Crippen LogP contribution in [0.5, 0.6) is 5.75 Å². The Balaban J connectivity index is 1.88. The Morgan fingerprint density at radius 3 is 2.60 bits per heavy atom. The molecule has 2 rings (SSSR count). The van der Waals surface area contributed by atoms with Gasteiger partial charge in [-0.05, 0) is 37.1 Å². The van der Waals surface area contributed by atoms with Gasteiger partial charge in [0.2, 0.25) is 0 Å². The Morgan fingerprint density at radius 2 is 2.00 bits per heavy atom. The molecule has 0 radical (unpaired) electrons. The first-order valence-corrected chi connectivity index (χ1v) is 8.23. The van der Waals surface area contributed by atoms with E-state index < -0.39 is 15.9 Å². The van der Waals surface area contributed by atoms with Gasteiger partial charge in [0, 0.05) is 11.7 Å². The maximum absolute atomic E-state index is 11.8. The SMILES string of the molecule is COc1ccc(NC(=O)NC2CCCS(=O)(=O)C2)cc1. The number of hydrogen-bond acceptors (Lipinski definition) is 4. The van der Waals surface area contributed by atoms with Crippen molar-refractivity contribution in [3.63, 3.8) is 0 Å². The fourth-order valence-corrected chi connectivity index (χ4v) is 3.80. The molecule has 0 bridgehead atoms. The van der Waals surface area contributed by atoms with Gasteiger partial charge in [-0.15, -0.1) is 0 Å². The van der Waals surface area contributed by atoms with Gasteiger partial charge in [0.1, 0.15) is 5.75 Å². The molecule has 2 N–H and O–H groups in total. The number of rotatable bonds is 3. The van der Waals surface area contributed by atoms with Crippen LogP contribution in [0.4, 0.5) is 10.5 Å². The molecule has 0 spiro atoms. The third-order valence-electron chi connectivity index (χ3n) is 3.15. The molecule has 1 atom stereocenters. The molecule has 1 saturated heterocycles. The lowest BCUT2D eigenvalue weighted by atomic mass is 10.2. The highest BCUT2D eigenvalue weighted by molar-refractivity contribution is 7.91. The molecule has 1 unspecified atom stereocenters. The maximum Gasteiger partial charge on any atom is 0.319 e. The van der Waals surface area contributed by atoms with E-state index in [1.807, 2.05) is 0 Å². The molecule has 0 aliphatic carbocycles. The van der Waals surface area contributed by atoms with Crippen molar-refractivity contribution >= 4 is 21.6 Å². The largest absolute Gasteiger partial charge is 0.497 e. The molecule has 0 saturated carbocycles. The molecule has 2 amide bonds. The van der Waals surface area contributed by atoms with Crippen LogP contribution in [0.1, 0.15) is 12.8 Å². The minimum atomic E-state index is -3.02. The van der Waals surface area contributed by atoms with Crippen molar-refractivity contribution in [1.29, 1.82) is 0 Å². The number of benzene rings is 1. The second-order valence-corrected chi connectivity index (χ2v) is 7.01. The molecule has 1 fully saturated rings. The molecule has 1 aromatic rings. The molecule has 1 aromatic carbocycles. The Labute approximate surface area is 118 Å². The monoisotopic (exact) mass is 298 g/mol. The summed E-state index contributed by atoms with van der Waals surface area (Å²) >= 11 is 0. The number of carbonyl (C=O) groups excluding carboxylic acids is 1. The number of urea groups is 1. The first-order valence-electron chi connectivity index (χ1n) is 6.40. The maximum atomic E-state index is 11.8. The highest BCUT2D eigenvalue weighted by Crippen LogP contribution is 2.15. The number of ether oxygens (including phenoxy) is 1. The molecule has 7 heteroatoms. The van der Waals surface area contributed by atoms with E-state index in [4.69, 9.17) is 4.74 Å². The van der Waals surface area contributed by atoms with Gasteiger partial charge < -0.3 is 15.4 Å². The third kappa shape index (κ3) is 4.12. The lowest BCUT2D eigenvalue weighted by Gasteiger charge is -2.23. The minimum absolute atomic E-state index is 0.0169. The Morgan fingerprint density at radius 1 is 1.30 bits per heavy atom. The molecule has 1 aliphatic rings. The predicted octanol–water partition coefficient (Wildman–Crippen LogP) is 1.39. The fourth-order valence-electron chi connectivity index (χ4n) is 2.16. The first kappa shape index (κ1) is 14.6. The van der Waals surface area contributed by atoms with Gasteiger partial charge in [-0.1, -0.05) is 0 Å². The van der Waals surface area contributed by atoms with Gasteiger partial charge in [-0.2, -0.15) is 0 Å². The van der Waals surface area contributed by atoms with E-state index in [9.17, 15) is 13.2 Å². The van der Waals surface area contributed by atoms with E-state index in [0.29, 0.717) is 24.3 Å². The molecule has 1 heterocycles. The van der Waals surface area contributed by atoms with Crippen LogP contribution >= 0.6 is 0 Å². The van der Waals surface area contributed by atoms with Crippen LogP contribution in [0.2, 0.25) is 0 Å². The van der Waals surface area contributed by atoms with Gasteiger partial charge in [-0.25, -0.2) is 13.2 Å². The van der Waals surface area contributed by atoms with Crippen molar-refractivity contribution < 1.29 is 17.9 Å². The highest BCUT2D eigenvalue weighted by Gasteiger charge is 2.25. The quantitative estimate of drug-likeness (QED) is 0.883. The summed E-state index contributed by atoms with van der Waals surface area (Å²) in [5.74, 6) is 0.934. The van der Waals surface area contributed by atoms with Gasteiger partial charge in [0.05, 0.1) is 18.6 Å². The highest BCUT2D eigenvalue weighted by atomic mass is 32.2. The average Bonchev–Trinajstić information content (AvgIpc) is 2.38. The zero-order valence-electron chi connectivity index (χ0n) is 11.3. The van der Waals surface area contributed by atoms with E-state index in [0.717, 1.165) is 0 Å². The van der Waals surface area contributed by atoms with Crippen molar-refractivity contribution in [2.24, 2.45) is 0 Å². The Kier molecular flexibility index (Phi) is 4.49. The van der Waals surface area contributed by atoms with Gasteiger partial charge in [0.15, 0.2) is 9.84 Å². The lowest BCUT2D eigenvalue weighted by Crippen LogP contribution is -2.44. The van der Waals surface area contributed by atoms with Crippen molar-refractivity contribution in [2.45, 2.75) is 18.9 Å². The van der Waals surface area contributed by atoms with Crippen molar-refractivity contribution in [2.75, 3.05) is 23.9 Å². The van der Waals surface area contributed by atoms with Crippen LogP contribution in [0.3, 0.4) is 0 Å². The summed E-state index contributed by atoms with van der Waals surface area (Å²) in [6.07, 6.45) is 1.28. The molecule has 6 nitrogen and oxygen atoms in total. The van der Waals surface area contributed by atoms with E-state index in [2.05, 4.69) is 10.6 Å². The summed E-state index contributed by atoms with van der Waals surface area (Å²) in [5, 5.41) is 5.36. The fraction of sp³-hybridized carbons (Fsp3) is 0.462. The number of hydrogen-bond donors (Lipinski definition) is 2. The lowest BCUT2D eigenvalue weighted by molar-refractivity contribution is 0.248. The van der Waals surface area contributed by atoms with Gasteiger partial charge in [-0.3, -0.25) is 0 Å². The minimum Gasteiger partial charge on any atom is -0.497 e. The molecule has 110 valence electrons. The van der Waals surface area contributed by atoms with Crippen molar-refractivity contribution in [3.05, 3.63) is 24.3 Å². The van der Waals surface area contributed by atoms with Crippen LogP contribution < -0.4 is 15.4 Å². The van der Waals surface area contributed by atoms with Gasteiger partial charge in [0.25, 0.3) is 0 Å². The second kappa shape index (κ2) is 6.13. The summed E-state index contributed by atoms with van der Waals surface area (Å²) < 4.78 is 28.0. The standard InChI is InChI=1S/C13H18N2O4S/c1-19-12-6-4-10(5-7-12)14-13(16)15-11-3-2-8-20(17,18)9-11/h4-7,11H,2-3,8-9H2,1H3,(H2,14,15,16). The molecule has 1 aliphatic heterocycles. The smallest absolute Gasteiger partial charge is 0.319 e. The third-order valence-corrected chi connectivity index (χ3v) is 4.97. The average molecular weight is 298 g/mol. The zero-order valence-corrected chi connectivity index (χ0v) is 12.1. The topological polar surface area (TPSA) is 84.5 Å². The molecular formula is C13H18N2O4S. The van der Waals surface area contributed by atoms with Crippen LogP contribution in [0.15, 0.2) is 24.3 Å². The Hall–Kier alpha value is -1.76. The van der Waals surface area contributed by atoms with Crippen LogP contribution in [-0.4, -0.2) is 39.1 Å². The summed E-state index contributed by atoms with van der Waals surface area (Å²) in [6, 6.07) is 6.21.